The number of urea groups is 1. The predicted molar refractivity (Wildman–Crippen MR) is 77.4 cm³/mol. The summed E-state index contributed by atoms with van der Waals surface area (Å²) in [5, 5.41) is 14.7. The number of amides is 2. The Morgan fingerprint density at radius 1 is 1.35 bits per heavy atom. The fourth-order valence-electron chi connectivity index (χ4n) is 2.14. The summed E-state index contributed by atoms with van der Waals surface area (Å²) < 4.78 is 0. The summed E-state index contributed by atoms with van der Waals surface area (Å²) in [5.74, 6) is -0.405. The third-order valence-corrected chi connectivity index (χ3v) is 3.76. The van der Waals surface area contributed by atoms with Crippen LogP contribution in [0.4, 0.5) is 10.5 Å². The van der Waals surface area contributed by atoms with Gasteiger partial charge in [-0.1, -0.05) is 30.9 Å². The van der Waals surface area contributed by atoms with E-state index in [2.05, 4.69) is 10.6 Å². The van der Waals surface area contributed by atoms with Crippen molar-refractivity contribution in [3.05, 3.63) is 28.8 Å². The van der Waals surface area contributed by atoms with Crippen LogP contribution < -0.4 is 10.6 Å². The molecule has 0 spiro atoms. The molecule has 6 heteroatoms. The Morgan fingerprint density at radius 2 is 2.10 bits per heavy atom. The van der Waals surface area contributed by atoms with Crippen LogP contribution in [0.15, 0.2) is 18.2 Å². The van der Waals surface area contributed by atoms with Gasteiger partial charge in [0.25, 0.3) is 0 Å². The minimum Gasteiger partial charge on any atom is -0.478 e. The molecule has 1 aliphatic carbocycles. The number of rotatable bonds is 5. The lowest BCUT2D eigenvalue weighted by Gasteiger charge is -2.25. The fourth-order valence-corrected chi connectivity index (χ4v) is 2.31. The second kappa shape index (κ2) is 6.61. The van der Waals surface area contributed by atoms with Gasteiger partial charge in [-0.05, 0) is 30.5 Å². The average molecular weight is 297 g/mol. The molecule has 0 bridgehead atoms. The third kappa shape index (κ3) is 3.87. The number of hydrogen-bond donors (Lipinski definition) is 3. The Morgan fingerprint density at radius 3 is 2.70 bits per heavy atom. The molecule has 2 rings (SSSR count). The van der Waals surface area contributed by atoms with E-state index < -0.39 is 12.0 Å². The van der Waals surface area contributed by atoms with E-state index in [1.807, 2.05) is 0 Å². The number of aromatic carboxylic acids is 1. The summed E-state index contributed by atoms with van der Waals surface area (Å²) in [6.07, 6.45) is 4.73. The van der Waals surface area contributed by atoms with Crippen LogP contribution in [0.2, 0.25) is 5.02 Å². The van der Waals surface area contributed by atoms with Crippen molar-refractivity contribution in [3.63, 3.8) is 0 Å². The van der Waals surface area contributed by atoms with Crippen LogP contribution in [0.1, 0.15) is 36.0 Å². The van der Waals surface area contributed by atoms with Crippen LogP contribution in [0.5, 0.6) is 0 Å². The van der Waals surface area contributed by atoms with Crippen LogP contribution in [0, 0.1) is 5.92 Å². The molecular weight excluding hydrogens is 280 g/mol. The van der Waals surface area contributed by atoms with Crippen LogP contribution in [0.25, 0.3) is 0 Å². The van der Waals surface area contributed by atoms with Gasteiger partial charge in [-0.15, -0.1) is 0 Å². The second-order valence-electron chi connectivity index (χ2n) is 4.96. The van der Waals surface area contributed by atoms with Crippen LogP contribution >= 0.6 is 11.6 Å². The molecule has 1 fully saturated rings. The minimum absolute atomic E-state index is 0.0216. The van der Waals surface area contributed by atoms with Crippen molar-refractivity contribution in [2.45, 2.75) is 25.7 Å². The molecule has 0 unspecified atom stereocenters. The van der Waals surface area contributed by atoms with Gasteiger partial charge in [-0.3, -0.25) is 0 Å². The van der Waals surface area contributed by atoms with Gasteiger partial charge in [0, 0.05) is 11.6 Å². The Balaban J connectivity index is 1.88. The van der Waals surface area contributed by atoms with E-state index in [-0.39, 0.29) is 11.3 Å². The first kappa shape index (κ1) is 14.7. The predicted octanol–water partition coefficient (Wildman–Crippen LogP) is 3.35. The van der Waals surface area contributed by atoms with Gasteiger partial charge in [-0.25, -0.2) is 9.59 Å². The Kier molecular flexibility index (Phi) is 4.84. The van der Waals surface area contributed by atoms with Crippen molar-refractivity contribution < 1.29 is 14.7 Å². The van der Waals surface area contributed by atoms with Crippen molar-refractivity contribution in [1.29, 1.82) is 0 Å². The van der Waals surface area contributed by atoms with Gasteiger partial charge in [0.2, 0.25) is 0 Å². The van der Waals surface area contributed by atoms with Gasteiger partial charge in [0.05, 0.1) is 11.3 Å². The average Bonchev–Trinajstić information content (AvgIpc) is 2.34. The zero-order valence-electron chi connectivity index (χ0n) is 11.0. The summed E-state index contributed by atoms with van der Waals surface area (Å²) >= 11 is 5.75. The third-order valence-electron chi connectivity index (χ3n) is 3.52. The molecule has 2 amide bonds. The number of halogens is 1. The van der Waals surface area contributed by atoms with Gasteiger partial charge >= 0.3 is 12.0 Å². The highest BCUT2D eigenvalue weighted by molar-refractivity contribution is 6.31. The maximum atomic E-state index is 11.7. The number of benzene rings is 1. The van der Waals surface area contributed by atoms with Gasteiger partial charge in [-0.2, -0.15) is 0 Å². The zero-order chi connectivity index (χ0) is 14.5. The maximum absolute atomic E-state index is 11.7. The van der Waals surface area contributed by atoms with Gasteiger partial charge < -0.3 is 15.7 Å². The summed E-state index contributed by atoms with van der Waals surface area (Å²) in [4.78, 5) is 22.8. The lowest BCUT2D eigenvalue weighted by Crippen LogP contribution is -2.31. The lowest BCUT2D eigenvalue weighted by atomic mass is 9.83. The molecule has 1 aromatic carbocycles. The van der Waals surface area contributed by atoms with E-state index in [1.165, 1.54) is 37.5 Å². The molecule has 108 valence electrons. The lowest BCUT2D eigenvalue weighted by molar-refractivity contribution is 0.0698. The molecule has 3 N–H and O–H groups in total. The van der Waals surface area contributed by atoms with Crippen molar-refractivity contribution in [2.75, 3.05) is 11.9 Å². The minimum atomic E-state index is -1.13. The number of carboxylic acid groups (broad SMARTS) is 1. The molecule has 1 aliphatic rings. The number of carbonyl (C=O) groups excluding carboxylic acids is 1. The highest BCUT2D eigenvalue weighted by atomic mass is 35.5. The summed E-state index contributed by atoms with van der Waals surface area (Å²) in [6, 6.07) is 3.94. The van der Waals surface area contributed by atoms with E-state index >= 15 is 0 Å². The molecule has 0 heterocycles. The molecule has 0 atom stereocenters. The monoisotopic (exact) mass is 296 g/mol. The smallest absolute Gasteiger partial charge is 0.337 e. The first-order valence-corrected chi connectivity index (χ1v) is 7.02. The van der Waals surface area contributed by atoms with Crippen molar-refractivity contribution in [1.82, 2.24) is 5.32 Å². The molecule has 20 heavy (non-hydrogen) atoms. The molecule has 0 aromatic heterocycles. The summed E-state index contributed by atoms with van der Waals surface area (Å²) in [7, 11) is 0. The Hall–Kier alpha value is -1.75. The van der Waals surface area contributed by atoms with E-state index in [0.717, 1.165) is 12.3 Å². The highest BCUT2D eigenvalue weighted by Crippen LogP contribution is 2.28. The van der Waals surface area contributed by atoms with Crippen molar-refractivity contribution in [2.24, 2.45) is 5.92 Å². The quantitative estimate of drug-likeness (QED) is 0.779. The molecule has 0 radical (unpaired) electrons. The van der Waals surface area contributed by atoms with Gasteiger partial charge in [0.1, 0.15) is 0 Å². The fraction of sp³-hybridized carbons (Fsp3) is 0.429. The molecule has 0 aliphatic heterocycles. The number of nitrogens with one attached hydrogen (secondary N) is 2. The summed E-state index contributed by atoms with van der Waals surface area (Å²) in [5.41, 5.74) is 0.217. The number of carbonyl (C=O) groups is 2. The van der Waals surface area contributed by atoms with Gasteiger partial charge in [0.15, 0.2) is 0 Å². The maximum Gasteiger partial charge on any atom is 0.337 e. The normalized spacial score (nSPS) is 14.4. The van der Waals surface area contributed by atoms with E-state index in [0.29, 0.717) is 11.6 Å². The number of anilines is 1. The topological polar surface area (TPSA) is 78.4 Å². The summed E-state index contributed by atoms with van der Waals surface area (Å²) in [6.45, 7) is 0.604. The zero-order valence-corrected chi connectivity index (χ0v) is 11.7. The highest BCUT2D eigenvalue weighted by Gasteiger charge is 2.17. The van der Waals surface area contributed by atoms with Crippen LogP contribution in [-0.2, 0) is 0 Å². The first-order chi connectivity index (χ1) is 9.56. The molecule has 1 saturated carbocycles. The largest absolute Gasteiger partial charge is 0.478 e. The second-order valence-corrected chi connectivity index (χ2v) is 5.40. The van der Waals surface area contributed by atoms with Crippen LogP contribution in [-0.4, -0.2) is 23.7 Å². The molecule has 1 aromatic rings. The van der Waals surface area contributed by atoms with E-state index in [9.17, 15) is 9.59 Å². The van der Waals surface area contributed by atoms with E-state index in [1.54, 1.807) is 0 Å². The van der Waals surface area contributed by atoms with E-state index in [4.69, 9.17) is 16.7 Å². The standard InChI is InChI=1S/C14H17ClN2O3/c15-10-4-5-12(11(8-10)13(18)19)17-14(20)16-7-6-9-2-1-3-9/h4-5,8-9H,1-3,6-7H2,(H,18,19)(H2,16,17,20). The van der Waals surface area contributed by atoms with Crippen LogP contribution in [0.3, 0.4) is 0 Å². The Labute approximate surface area is 122 Å². The molecule has 5 nitrogen and oxygen atoms in total. The first-order valence-electron chi connectivity index (χ1n) is 6.64. The number of hydrogen-bond acceptors (Lipinski definition) is 2. The molecular formula is C14H17ClN2O3. The number of carboxylic acids is 1. The molecule has 0 saturated heterocycles. The Bertz CT molecular complexity index is 515. The SMILES string of the molecule is O=C(NCCC1CCC1)Nc1ccc(Cl)cc1C(=O)O. The van der Waals surface area contributed by atoms with Crippen molar-refractivity contribution in [3.8, 4) is 0 Å². The van der Waals surface area contributed by atoms with Crippen molar-refractivity contribution >= 4 is 29.3 Å².